The molecule has 0 spiro atoms. The average molecular weight is 271 g/mol. The van der Waals surface area contributed by atoms with E-state index in [-0.39, 0.29) is 6.10 Å². The van der Waals surface area contributed by atoms with Crippen LogP contribution in [0.3, 0.4) is 0 Å². The molecule has 1 N–H and O–H groups in total. The van der Waals surface area contributed by atoms with E-state index in [9.17, 15) is 9.90 Å². The van der Waals surface area contributed by atoms with E-state index in [0.717, 1.165) is 19.3 Å². The van der Waals surface area contributed by atoms with E-state index < -0.39 is 6.10 Å². The number of rotatable bonds is 4. The van der Waals surface area contributed by atoms with Gasteiger partial charge in [0.25, 0.3) is 0 Å². The van der Waals surface area contributed by atoms with Crippen molar-refractivity contribution in [1.82, 2.24) is 0 Å². The normalized spacial score (nSPS) is 22.8. The Balaban J connectivity index is 2.28. The van der Waals surface area contributed by atoms with Crippen molar-refractivity contribution in [2.24, 2.45) is 0 Å². The smallest absolute Gasteiger partial charge is 0.180 e. The van der Waals surface area contributed by atoms with E-state index >= 15 is 0 Å². The molecular weight excluding hydrogens is 256 g/mol. The van der Waals surface area contributed by atoms with Gasteiger partial charge in [0.05, 0.1) is 18.2 Å². The van der Waals surface area contributed by atoms with Crippen molar-refractivity contribution >= 4 is 17.9 Å². The van der Waals surface area contributed by atoms with Gasteiger partial charge in [-0.05, 0) is 31.4 Å². The maximum Gasteiger partial charge on any atom is 0.180 e. The summed E-state index contributed by atoms with van der Waals surface area (Å²) < 4.78 is 10.9. The van der Waals surface area contributed by atoms with Crippen LogP contribution in [0.1, 0.15) is 29.6 Å². The van der Waals surface area contributed by atoms with Crippen molar-refractivity contribution in [1.29, 1.82) is 0 Å². The maximum absolute atomic E-state index is 10.7. The molecule has 1 aliphatic carbocycles. The summed E-state index contributed by atoms with van der Waals surface area (Å²) in [5.74, 6) is 0.791. The molecule has 0 radical (unpaired) electrons. The molecular formula is C13H15ClO4. The second-order valence-corrected chi connectivity index (χ2v) is 4.71. The summed E-state index contributed by atoms with van der Waals surface area (Å²) in [5, 5.41) is 10.1. The highest BCUT2D eigenvalue weighted by molar-refractivity contribution is 6.32. The number of hydrogen-bond donors (Lipinski definition) is 1. The Hall–Kier alpha value is -1.26. The van der Waals surface area contributed by atoms with Crippen LogP contribution in [0.4, 0.5) is 0 Å². The molecule has 0 bridgehead atoms. The van der Waals surface area contributed by atoms with Crippen LogP contribution >= 0.6 is 11.6 Å². The number of aldehydes is 1. The average Bonchev–Trinajstić information content (AvgIpc) is 2.77. The predicted octanol–water partition coefficient (Wildman–Crippen LogP) is 2.45. The number of carbonyl (C=O) groups is 1. The first-order valence-corrected chi connectivity index (χ1v) is 6.21. The Morgan fingerprint density at radius 2 is 2.22 bits per heavy atom. The number of carbonyl (C=O) groups excluding carboxylic acids is 1. The van der Waals surface area contributed by atoms with Crippen molar-refractivity contribution < 1.29 is 19.4 Å². The van der Waals surface area contributed by atoms with E-state index in [1.54, 1.807) is 6.07 Å². The van der Waals surface area contributed by atoms with Crippen LogP contribution < -0.4 is 9.47 Å². The van der Waals surface area contributed by atoms with Crippen LogP contribution in [-0.4, -0.2) is 30.7 Å². The summed E-state index contributed by atoms with van der Waals surface area (Å²) in [7, 11) is 1.48. The number of methoxy groups -OCH3 is 1. The third-order valence-corrected chi connectivity index (χ3v) is 3.36. The molecule has 1 saturated carbocycles. The van der Waals surface area contributed by atoms with E-state index in [2.05, 4.69) is 0 Å². The van der Waals surface area contributed by atoms with Crippen LogP contribution in [-0.2, 0) is 0 Å². The number of benzene rings is 1. The Bertz CT molecular complexity index is 447. The molecule has 2 unspecified atom stereocenters. The number of hydrogen-bond acceptors (Lipinski definition) is 4. The lowest BCUT2D eigenvalue weighted by atomic mass is 10.2. The van der Waals surface area contributed by atoms with Crippen molar-refractivity contribution in [3.05, 3.63) is 22.7 Å². The van der Waals surface area contributed by atoms with E-state index in [4.69, 9.17) is 21.1 Å². The summed E-state index contributed by atoms with van der Waals surface area (Å²) >= 11 is 6.07. The van der Waals surface area contributed by atoms with Gasteiger partial charge < -0.3 is 14.6 Å². The Kier molecular flexibility index (Phi) is 4.09. The van der Waals surface area contributed by atoms with Gasteiger partial charge in [-0.2, -0.15) is 0 Å². The summed E-state index contributed by atoms with van der Waals surface area (Å²) in [5.41, 5.74) is 0.427. The number of halogens is 1. The molecule has 5 heteroatoms. The zero-order chi connectivity index (χ0) is 13.1. The van der Waals surface area contributed by atoms with Crippen LogP contribution in [0.25, 0.3) is 0 Å². The second kappa shape index (κ2) is 5.59. The van der Waals surface area contributed by atoms with Crippen molar-refractivity contribution in [2.45, 2.75) is 31.5 Å². The minimum absolute atomic E-state index is 0.265. The zero-order valence-electron chi connectivity index (χ0n) is 10.1. The molecule has 2 rings (SSSR count). The molecule has 4 nitrogen and oxygen atoms in total. The van der Waals surface area contributed by atoms with E-state index in [1.807, 2.05) is 0 Å². The summed E-state index contributed by atoms with van der Waals surface area (Å²) in [6.07, 6.45) is 2.41. The summed E-state index contributed by atoms with van der Waals surface area (Å²) in [6, 6.07) is 3.09. The standard InChI is InChI=1S/C13H15ClO4/c1-17-12-6-8(7-15)5-9(14)13(12)18-11-4-2-3-10(11)16/h5-7,10-11,16H,2-4H2,1H3. The zero-order valence-corrected chi connectivity index (χ0v) is 10.8. The molecule has 0 heterocycles. The first-order chi connectivity index (χ1) is 8.65. The van der Waals surface area contributed by atoms with Gasteiger partial charge in [-0.15, -0.1) is 0 Å². The third kappa shape index (κ3) is 2.60. The Morgan fingerprint density at radius 1 is 1.44 bits per heavy atom. The molecule has 0 amide bonds. The van der Waals surface area contributed by atoms with Crippen LogP contribution in [0, 0.1) is 0 Å². The van der Waals surface area contributed by atoms with E-state index in [1.165, 1.54) is 13.2 Å². The first-order valence-electron chi connectivity index (χ1n) is 5.83. The minimum atomic E-state index is -0.475. The first kappa shape index (κ1) is 13.2. The number of ether oxygens (including phenoxy) is 2. The molecule has 1 aliphatic rings. The van der Waals surface area contributed by atoms with Crippen LogP contribution in [0.15, 0.2) is 12.1 Å². The molecule has 1 fully saturated rings. The fourth-order valence-corrected chi connectivity index (χ4v) is 2.38. The number of aliphatic hydroxyl groups excluding tert-OH is 1. The SMILES string of the molecule is COc1cc(C=O)cc(Cl)c1OC1CCCC1O. The monoisotopic (exact) mass is 270 g/mol. The third-order valence-electron chi connectivity index (χ3n) is 3.07. The lowest BCUT2D eigenvalue weighted by Gasteiger charge is -2.20. The minimum Gasteiger partial charge on any atom is -0.493 e. The van der Waals surface area contributed by atoms with Crippen LogP contribution in [0.5, 0.6) is 11.5 Å². The highest BCUT2D eigenvalue weighted by atomic mass is 35.5. The quantitative estimate of drug-likeness (QED) is 0.854. The van der Waals surface area contributed by atoms with Crippen molar-refractivity contribution in [3.8, 4) is 11.5 Å². The topological polar surface area (TPSA) is 55.8 Å². The molecule has 1 aromatic carbocycles. The Labute approximate surface area is 110 Å². The Morgan fingerprint density at radius 3 is 2.78 bits per heavy atom. The molecule has 98 valence electrons. The largest absolute Gasteiger partial charge is 0.493 e. The molecule has 0 saturated heterocycles. The van der Waals surface area contributed by atoms with Gasteiger partial charge >= 0.3 is 0 Å². The van der Waals surface area contributed by atoms with Crippen molar-refractivity contribution in [2.75, 3.05) is 7.11 Å². The van der Waals surface area contributed by atoms with Crippen molar-refractivity contribution in [3.63, 3.8) is 0 Å². The molecule has 18 heavy (non-hydrogen) atoms. The lowest BCUT2D eigenvalue weighted by molar-refractivity contribution is 0.0587. The number of aliphatic hydroxyl groups is 1. The van der Waals surface area contributed by atoms with Crippen LogP contribution in [0.2, 0.25) is 5.02 Å². The predicted molar refractivity (Wildman–Crippen MR) is 67.7 cm³/mol. The fourth-order valence-electron chi connectivity index (χ4n) is 2.12. The highest BCUT2D eigenvalue weighted by Crippen LogP contribution is 2.38. The summed E-state index contributed by atoms with van der Waals surface area (Å²) in [4.78, 5) is 10.7. The van der Waals surface area contributed by atoms with Gasteiger partial charge in [0.15, 0.2) is 11.5 Å². The maximum atomic E-state index is 10.7. The van der Waals surface area contributed by atoms with Gasteiger partial charge in [0, 0.05) is 5.56 Å². The second-order valence-electron chi connectivity index (χ2n) is 4.31. The van der Waals surface area contributed by atoms with Gasteiger partial charge in [0.1, 0.15) is 12.4 Å². The highest BCUT2D eigenvalue weighted by Gasteiger charge is 2.28. The van der Waals surface area contributed by atoms with Gasteiger partial charge in [-0.3, -0.25) is 4.79 Å². The van der Waals surface area contributed by atoms with Gasteiger partial charge in [0.2, 0.25) is 0 Å². The molecule has 0 aliphatic heterocycles. The van der Waals surface area contributed by atoms with Gasteiger partial charge in [-0.25, -0.2) is 0 Å². The van der Waals surface area contributed by atoms with Gasteiger partial charge in [-0.1, -0.05) is 11.6 Å². The molecule has 0 aromatic heterocycles. The van der Waals surface area contributed by atoms with E-state index in [0.29, 0.717) is 28.4 Å². The molecule has 2 atom stereocenters. The fraction of sp³-hybridized carbons (Fsp3) is 0.462. The molecule has 1 aromatic rings. The summed E-state index contributed by atoms with van der Waals surface area (Å²) in [6.45, 7) is 0. The lowest BCUT2D eigenvalue weighted by Crippen LogP contribution is -2.26.